The highest BCUT2D eigenvalue weighted by molar-refractivity contribution is 14.1. The first-order valence-electron chi connectivity index (χ1n) is 3.54. The van der Waals surface area contributed by atoms with E-state index in [-0.39, 0.29) is 3.70 Å². The van der Waals surface area contributed by atoms with Crippen LogP contribution in [0, 0.1) is 3.70 Å². The maximum Gasteiger partial charge on any atom is 0.419 e. The number of halogens is 6. The Bertz CT molecular complexity index is 376. The van der Waals surface area contributed by atoms with E-state index in [9.17, 15) is 22.0 Å². The van der Waals surface area contributed by atoms with Gasteiger partial charge in [-0.15, -0.1) is 0 Å². The normalized spacial score (nSPS) is 12.2. The predicted octanol–water partition coefficient (Wildman–Crippen LogP) is 3.22. The van der Waals surface area contributed by atoms with Gasteiger partial charge in [-0.25, -0.2) is 13.8 Å². The van der Waals surface area contributed by atoms with Crippen molar-refractivity contribution in [3.05, 3.63) is 21.0 Å². The number of rotatable bonds is 1. The molecule has 1 aromatic heterocycles. The molecule has 0 atom stereocenters. The van der Waals surface area contributed by atoms with Crippen molar-refractivity contribution in [2.24, 2.45) is 0 Å². The SMILES string of the molecule is Nc1c(I)ncc(C(F)F)c1C(F)(F)F. The van der Waals surface area contributed by atoms with Crippen LogP contribution in [0.5, 0.6) is 0 Å². The van der Waals surface area contributed by atoms with Gasteiger partial charge < -0.3 is 5.73 Å². The summed E-state index contributed by atoms with van der Waals surface area (Å²) in [7, 11) is 0. The summed E-state index contributed by atoms with van der Waals surface area (Å²) in [6.07, 6.45) is -7.67. The second-order valence-corrected chi connectivity index (χ2v) is 3.61. The van der Waals surface area contributed by atoms with Crippen LogP contribution in [0.15, 0.2) is 6.20 Å². The molecule has 0 aromatic carbocycles. The molecule has 1 aromatic rings. The second-order valence-electron chi connectivity index (χ2n) is 2.59. The number of nitrogen functional groups attached to an aromatic ring is 1. The second kappa shape index (κ2) is 4.06. The van der Waals surface area contributed by atoms with Crippen LogP contribution >= 0.6 is 22.6 Å². The van der Waals surface area contributed by atoms with Gasteiger partial charge in [0.2, 0.25) is 0 Å². The zero-order valence-corrected chi connectivity index (χ0v) is 9.10. The van der Waals surface area contributed by atoms with Crippen molar-refractivity contribution in [3.63, 3.8) is 0 Å². The van der Waals surface area contributed by atoms with Crippen molar-refractivity contribution in [2.75, 3.05) is 5.73 Å². The molecule has 0 saturated carbocycles. The van der Waals surface area contributed by atoms with Crippen LogP contribution in [0.1, 0.15) is 17.6 Å². The lowest BCUT2D eigenvalue weighted by molar-refractivity contribution is -0.138. The van der Waals surface area contributed by atoms with Gasteiger partial charge in [0, 0.05) is 6.20 Å². The molecule has 8 heteroatoms. The fourth-order valence-electron chi connectivity index (χ4n) is 1.00. The van der Waals surface area contributed by atoms with Crippen LogP contribution in [-0.4, -0.2) is 4.98 Å². The van der Waals surface area contributed by atoms with E-state index in [1.54, 1.807) is 0 Å². The minimum Gasteiger partial charge on any atom is -0.396 e. The zero-order valence-electron chi connectivity index (χ0n) is 6.95. The molecule has 0 radical (unpaired) electrons. The number of nitrogens with zero attached hydrogens (tertiary/aromatic N) is 1. The summed E-state index contributed by atoms with van der Waals surface area (Å²) in [6.45, 7) is 0. The number of pyridine rings is 1. The third-order valence-electron chi connectivity index (χ3n) is 1.62. The molecule has 0 aliphatic rings. The smallest absolute Gasteiger partial charge is 0.396 e. The van der Waals surface area contributed by atoms with Crippen molar-refractivity contribution >= 4 is 28.3 Å². The molecular weight excluding hydrogens is 334 g/mol. The summed E-state index contributed by atoms with van der Waals surface area (Å²) in [5.41, 5.74) is 1.62. The van der Waals surface area contributed by atoms with Crippen molar-refractivity contribution in [2.45, 2.75) is 12.6 Å². The molecule has 0 bridgehead atoms. The van der Waals surface area contributed by atoms with Crippen LogP contribution in [0.2, 0.25) is 0 Å². The molecule has 2 nitrogen and oxygen atoms in total. The Morgan fingerprint density at radius 3 is 2.27 bits per heavy atom. The van der Waals surface area contributed by atoms with Gasteiger partial charge in [-0.05, 0) is 22.6 Å². The van der Waals surface area contributed by atoms with E-state index in [0.717, 1.165) is 0 Å². The first-order chi connectivity index (χ1) is 6.75. The van der Waals surface area contributed by atoms with Gasteiger partial charge in [0.05, 0.1) is 16.8 Å². The Kier molecular flexibility index (Phi) is 3.36. The molecule has 1 heterocycles. The summed E-state index contributed by atoms with van der Waals surface area (Å²) in [4.78, 5) is 3.36. The summed E-state index contributed by atoms with van der Waals surface area (Å²) < 4.78 is 61.6. The van der Waals surface area contributed by atoms with Gasteiger partial charge in [0.15, 0.2) is 0 Å². The Hall–Kier alpha value is -0.670. The third-order valence-corrected chi connectivity index (χ3v) is 2.48. The van der Waals surface area contributed by atoms with Crippen molar-refractivity contribution in [1.29, 1.82) is 0 Å². The maximum atomic E-state index is 12.4. The molecule has 84 valence electrons. The summed E-state index contributed by atoms with van der Waals surface area (Å²) in [5, 5.41) is 0. The molecule has 0 saturated heterocycles. The Morgan fingerprint density at radius 1 is 1.33 bits per heavy atom. The number of aromatic nitrogens is 1. The number of hydrogen-bond donors (Lipinski definition) is 1. The molecule has 2 N–H and O–H groups in total. The maximum absolute atomic E-state index is 12.4. The molecule has 0 aliphatic carbocycles. The number of anilines is 1. The summed E-state index contributed by atoms with van der Waals surface area (Å²) in [6, 6.07) is 0. The molecule has 0 spiro atoms. The average molecular weight is 338 g/mol. The first-order valence-corrected chi connectivity index (χ1v) is 4.62. The molecule has 0 fully saturated rings. The van der Waals surface area contributed by atoms with Crippen molar-refractivity contribution in [1.82, 2.24) is 4.98 Å². The van der Waals surface area contributed by atoms with Crippen LogP contribution in [0.25, 0.3) is 0 Å². The highest BCUT2D eigenvalue weighted by atomic mass is 127. The van der Waals surface area contributed by atoms with Gasteiger partial charge in [-0.2, -0.15) is 13.2 Å². The molecule has 0 amide bonds. The largest absolute Gasteiger partial charge is 0.419 e. The van der Waals surface area contributed by atoms with E-state index in [1.165, 1.54) is 22.6 Å². The van der Waals surface area contributed by atoms with Gasteiger partial charge in [0.25, 0.3) is 6.43 Å². The van der Waals surface area contributed by atoms with Gasteiger partial charge in [-0.3, -0.25) is 0 Å². The molecule has 0 aliphatic heterocycles. The number of nitrogens with two attached hydrogens (primary N) is 1. The number of alkyl halides is 5. The van der Waals surface area contributed by atoms with Crippen molar-refractivity contribution in [3.8, 4) is 0 Å². The van der Waals surface area contributed by atoms with Crippen LogP contribution in [0.4, 0.5) is 27.6 Å². The molecule has 0 unspecified atom stereocenters. The zero-order chi connectivity index (χ0) is 11.8. The Balaban J connectivity index is 3.49. The van der Waals surface area contributed by atoms with Gasteiger partial charge in [-0.1, -0.05) is 0 Å². The number of hydrogen-bond acceptors (Lipinski definition) is 2. The minimum atomic E-state index is -4.90. The lowest BCUT2D eigenvalue weighted by Crippen LogP contribution is -2.15. The first kappa shape index (κ1) is 12.4. The van der Waals surface area contributed by atoms with E-state index < -0.39 is 29.4 Å². The summed E-state index contributed by atoms with van der Waals surface area (Å²) in [5.74, 6) is 0. The van der Waals surface area contributed by atoms with E-state index in [0.29, 0.717) is 6.20 Å². The fraction of sp³-hybridized carbons (Fsp3) is 0.286. The Labute approximate surface area is 94.8 Å². The lowest BCUT2D eigenvalue weighted by Gasteiger charge is -2.14. The van der Waals surface area contributed by atoms with Crippen LogP contribution in [-0.2, 0) is 6.18 Å². The minimum absolute atomic E-state index is 0.149. The van der Waals surface area contributed by atoms with Crippen LogP contribution in [0.3, 0.4) is 0 Å². The van der Waals surface area contributed by atoms with E-state index in [4.69, 9.17) is 5.73 Å². The Morgan fingerprint density at radius 2 is 1.87 bits per heavy atom. The lowest BCUT2D eigenvalue weighted by atomic mass is 10.1. The standard InChI is InChI=1S/C7H4F5IN2/c8-5(9)2-1-15-6(13)4(14)3(2)7(10,11)12/h1,5H,14H2. The van der Waals surface area contributed by atoms with E-state index >= 15 is 0 Å². The van der Waals surface area contributed by atoms with Crippen LogP contribution < -0.4 is 5.73 Å². The highest BCUT2D eigenvalue weighted by Crippen LogP contribution is 2.40. The van der Waals surface area contributed by atoms with Crippen molar-refractivity contribution < 1.29 is 22.0 Å². The van der Waals surface area contributed by atoms with E-state index in [2.05, 4.69) is 4.98 Å². The van der Waals surface area contributed by atoms with Gasteiger partial charge in [0.1, 0.15) is 3.70 Å². The topological polar surface area (TPSA) is 38.9 Å². The predicted molar refractivity (Wildman–Crippen MR) is 51.3 cm³/mol. The quantitative estimate of drug-likeness (QED) is 0.485. The van der Waals surface area contributed by atoms with E-state index in [1.807, 2.05) is 0 Å². The highest BCUT2D eigenvalue weighted by Gasteiger charge is 2.39. The molecule has 15 heavy (non-hydrogen) atoms. The fourth-order valence-corrected chi connectivity index (χ4v) is 1.41. The average Bonchev–Trinajstić information content (AvgIpc) is 2.06. The summed E-state index contributed by atoms with van der Waals surface area (Å²) >= 11 is 1.45. The molecule has 1 rings (SSSR count). The monoisotopic (exact) mass is 338 g/mol. The third kappa shape index (κ3) is 2.47. The van der Waals surface area contributed by atoms with Gasteiger partial charge >= 0.3 is 6.18 Å². The molecular formula is C7H4F5IN2.